The van der Waals surface area contributed by atoms with Crippen LogP contribution in [0.2, 0.25) is 0 Å². The third-order valence-electron chi connectivity index (χ3n) is 4.45. The van der Waals surface area contributed by atoms with Gasteiger partial charge in [0.25, 0.3) is 0 Å². The van der Waals surface area contributed by atoms with Crippen molar-refractivity contribution in [1.29, 1.82) is 0 Å². The first-order valence-electron chi connectivity index (χ1n) is 7.29. The van der Waals surface area contributed by atoms with Crippen molar-refractivity contribution in [2.45, 2.75) is 57.3 Å². The molecule has 2 aliphatic heterocycles. The first-order chi connectivity index (χ1) is 9.12. The van der Waals surface area contributed by atoms with E-state index >= 15 is 0 Å². The highest BCUT2D eigenvalue weighted by Gasteiger charge is 2.43. The Kier molecular flexibility index (Phi) is 3.27. The largest absolute Gasteiger partial charge is 0.487 e. The number of nitrogens with two attached hydrogens (primary N) is 1. The van der Waals surface area contributed by atoms with Crippen molar-refractivity contribution in [3.8, 4) is 5.75 Å². The molecule has 3 unspecified atom stereocenters. The highest BCUT2D eigenvalue weighted by molar-refractivity contribution is 5.41. The first kappa shape index (κ1) is 12.9. The Bertz CT molecular complexity index is 474. The number of rotatable bonds is 1. The summed E-state index contributed by atoms with van der Waals surface area (Å²) in [7, 11) is 0. The molecule has 3 rings (SSSR count). The van der Waals surface area contributed by atoms with Crippen LogP contribution in [0.1, 0.15) is 49.8 Å². The maximum absolute atomic E-state index is 6.39. The molecule has 0 aliphatic carbocycles. The molecule has 104 valence electrons. The van der Waals surface area contributed by atoms with E-state index in [1.807, 2.05) is 0 Å². The summed E-state index contributed by atoms with van der Waals surface area (Å²) in [6, 6.07) is 6.41. The number of benzene rings is 1. The van der Waals surface area contributed by atoms with Gasteiger partial charge < -0.3 is 15.2 Å². The molecule has 2 N–H and O–H groups in total. The number of hydrogen-bond donors (Lipinski definition) is 1. The summed E-state index contributed by atoms with van der Waals surface area (Å²) >= 11 is 0. The maximum atomic E-state index is 6.39. The van der Waals surface area contributed by atoms with E-state index in [9.17, 15) is 0 Å². The van der Waals surface area contributed by atoms with Gasteiger partial charge in [0.05, 0.1) is 12.7 Å². The topological polar surface area (TPSA) is 44.5 Å². The van der Waals surface area contributed by atoms with Crippen LogP contribution < -0.4 is 10.5 Å². The molecular weight excluding hydrogens is 238 g/mol. The fourth-order valence-electron chi connectivity index (χ4n) is 3.36. The zero-order valence-corrected chi connectivity index (χ0v) is 11.8. The predicted molar refractivity (Wildman–Crippen MR) is 75.3 cm³/mol. The van der Waals surface area contributed by atoms with E-state index < -0.39 is 0 Å². The minimum Gasteiger partial charge on any atom is -0.487 e. The second-order valence-corrected chi connectivity index (χ2v) is 5.99. The molecule has 1 aromatic carbocycles. The molecule has 0 radical (unpaired) electrons. The zero-order chi connectivity index (χ0) is 13.5. The van der Waals surface area contributed by atoms with Crippen LogP contribution in [0.25, 0.3) is 0 Å². The van der Waals surface area contributed by atoms with E-state index in [0.717, 1.165) is 43.6 Å². The molecule has 0 saturated carbocycles. The minimum absolute atomic E-state index is 0.0826. The molecule has 3 atom stereocenters. The Labute approximate surface area is 115 Å². The number of hydrogen-bond acceptors (Lipinski definition) is 3. The van der Waals surface area contributed by atoms with Crippen LogP contribution in [-0.4, -0.2) is 18.3 Å². The Morgan fingerprint density at radius 1 is 1.37 bits per heavy atom. The summed E-state index contributed by atoms with van der Waals surface area (Å²) in [5, 5.41) is 0. The zero-order valence-electron chi connectivity index (χ0n) is 11.8. The Morgan fingerprint density at radius 3 is 3.00 bits per heavy atom. The van der Waals surface area contributed by atoms with Crippen molar-refractivity contribution in [3.05, 3.63) is 29.3 Å². The average Bonchev–Trinajstić information content (AvgIpc) is 2.40. The second-order valence-electron chi connectivity index (χ2n) is 5.99. The molecule has 1 saturated heterocycles. The van der Waals surface area contributed by atoms with Gasteiger partial charge in [0, 0.05) is 30.9 Å². The second kappa shape index (κ2) is 4.80. The molecule has 0 amide bonds. The van der Waals surface area contributed by atoms with Gasteiger partial charge >= 0.3 is 0 Å². The van der Waals surface area contributed by atoms with E-state index in [2.05, 4.69) is 32.0 Å². The smallest absolute Gasteiger partial charge is 0.124 e. The lowest BCUT2D eigenvalue weighted by Gasteiger charge is -2.45. The number of ether oxygens (including phenoxy) is 2. The molecule has 2 aliphatic rings. The monoisotopic (exact) mass is 261 g/mol. The fraction of sp³-hybridized carbons (Fsp3) is 0.625. The van der Waals surface area contributed by atoms with Gasteiger partial charge in [0.1, 0.15) is 11.4 Å². The van der Waals surface area contributed by atoms with Crippen LogP contribution in [0, 0.1) is 6.92 Å². The standard InChI is InChI=1S/C16H23NO2/c1-3-12-9-16(6-7-18-12)10-14(17)13-8-11(2)4-5-15(13)19-16/h4-5,8,12,14H,3,6-7,9-10,17H2,1-2H3. The average molecular weight is 261 g/mol. The van der Waals surface area contributed by atoms with Crippen LogP contribution in [0.4, 0.5) is 0 Å². The van der Waals surface area contributed by atoms with Crippen LogP contribution >= 0.6 is 0 Å². The molecule has 19 heavy (non-hydrogen) atoms. The van der Waals surface area contributed by atoms with E-state index in [0.29, 0.717) is 6.10 Å². The SMILES string of the molecule is CCC1CC2(CCO1)CC(N)c1cc(C)ccc1O2. The van der Waals surface area contributed by atoms with Crippen LogP contribution in [0.5, 0.6) is 5.75 Å². The lowest BCUT2D eigenvalue weighted by atomic mass is 9.80. The Morgan fingerprint density at radius 2 is 2.21 bits per heavy atom. The van der Waals surface area contributed by atoms with Crippen molar-refractivity contribution < 1.29 is 9.47 Å². The van der Waals surface area contributed by atoms with E-state index in [-0.39, 0.29) is 11.6 Å². The minimum atomic E-state index is -0.111. The molecule has 0 aromatic heterocycles. The number of aryl methyl sites for hydroxylation is 1. The van der Waals surface area contributed by atoms with Crippen molar-refractivity contribution >= 4 is 0 Å². The molecule has 3 heteroatoms. The van der Waals surface area contributed by atoms with Gasteiger partial charge in [-0.1, -0.05) is 24.6 Å². The summed E-state index contributed by atoms with van der Waals surface area (Å²) in [4.78, 5) is 0. The van der Waals surface area contributed by atoms with Gasteiger partial charge in [-0.3, -0.25) is 0 Å². The lowest BCUT2D eigenvalue weighted by Crippen LogP contribution is -2.49. The normalized spacial score (nSPS) is 33.8. The Hall–Kier alpha value is -1.06. The van der Waals surface area contributed by atoms with Gasteiger partial charge in [-0.25, -0.2) is 0 Å². The quantitative estimate of drug-likeness (QED) is 0.844. The molecule has 2 heterocycles. The lowest BCUT2D eigenvalue weighted by molar-refractivity contribution is -0.102. The van der Waals surface area contributed by atoms with E-state index in [1.54, 1.807) is 0 Å². The van der Waals surface area contributed by atoms with Gasteiger partial charge in [-0.2, -0.15) is 0 Å². The van der Waals surface area contributed by atoms with E-state index in [4.69, 9.17) is 15.2 Å². The fourth-order valence-corrected chi connectivity index (χ4v) is 3.36. The van der Waals surface area contributed by atoms with Crippen LogP contribution in [0.15, 0.2) is 18.2 Å². The van der Waals surface area contributed by atoms with Gasteiger partial charge in [0.2, 0.25) is 0 Å². The molecule has 1 spiro atoms. The molecule has 3 nitrogen and oxygen atoms in total. The summed E-state index contributed by atoms with van der Waals surface area (Å²) < 4.78 is 12.1. The van der Waals surface area contributed by atoms with Gasteiger partial charge in [0.15, 0.2) is 0 Å². The molecule has 0 bridgehead atoms. The molecule has 1 aromatic rings. The third-order valence-corrected chi connectivity index (χ3v) is 4.45. The summed E-state index contributed by atoms with van der Waals surface area (Å²) in [6.45, 7) is 5.05. The Balaban J connectivity index is 1.89. The van der Waals surface area contributed by atoms with Crippen molar-refractivity contribution in [3.63, 3.8) is 0 Å². The van der Waals surface area contributed by atoms with Crippen molar-refractivity contribution in [2.75, 3.05) is 6.61 Å². The first-order valence-corrected chi connectivity index (χ1v) is 7.29. The molecule has 1 fully saturated rings. The van der Waals surface area contributed by atoms with Gasteiger partial charge in [-0.05, 0) is 19.4 Å². The van der Waals surface area contributed by atoms with Gasteiger partial charge in [-0.15, -0.1) is 0 Å². The van der Waals surface area contributed by atoms with Crippen molar-refractivity contribution in [2.24, 2.45) is 5.73 Å². The maximum Gasteiger partial charge on any atom is 0.124 e. The van der Waals surface area contributed by atoms with E-state index in [1.165, 1.54) is 5.56 Å². The highest BCUT2D eigenvalue weighted by atomic mass is 16.5. The highest BCUT2D eigenvalue weighted by Crippen LogP contribution is 2.44. The number of fused-ring (bicyclic) bond motifs is 1. The summed E-state index contributed by atoms with van der Waals surface area (Å²) in [5.74, 6) is 0.973. The molecular formula is C16H23NO2. The van der Waals surface area contributed by atoms with Crippen LogP contribution in [-0.2, 0) is 4.74 Å². The predicted octanol–water partition coefficient (Wildman–Crippen LogP) is 3.11. The third kappa shape index (κ3) is 2.37. The summed E-state index contributed by atoms with van der Waals surface area (Å²) in [5.41, 5.74) is 8.68. The summed E-state index contributed by atoms with van der Waals surface area (Å²) in [6.07, 6.45) is 4.17. The van der Waals surface area contributed by atoms with Crippen molar-refractivity contribution in [1.82, 2.24) is 0 Å². The van der Waals surface area contributed by atoms with Crippen LogP contribution in [0.3, 0.4) is 0 Å².